The summed E-state index contributed by atoms with van der Waals surface area (Å²) in [5.74, 6) is 0.437. The molecule has 0 saturated heterocycles. The number of furan rings is 1. The molecular formula is C11H6N4O. The van der Waals surface area contributed by atoms with Crippen LogP contribution in [0.5, 0.6) is 0 Å². The topological polar surface area (TPSA) is 111 Å². The Kier molecular flexibility index (Phi) is 3.50. The third-order valence-corrected chi connectivity index (χ3v) is 1.66. The number of rotatable bonds is 2. The molecule has 1 heterocycles. The largest absolute Gasteiger partial charge is 0.440 e. The molecule has 0 bridgehead atoms. The monoisotopic (exact) mass is 210 g/mol. The second-order valence-electron chi connectivity index (χ2n) is 2.70. The van der Waals surface area contributed by atoms with Gasteiger partial charge in [-0.3, -0.25) is 0 Å². The van der Waals surface area contributed by atoms with Gasteiger partial charge in [-0.15, -0.1) is 0 Å². The summed E-state index contributed by atoms with van der Waals surface area (Å²) in [4.78, 5) is 0. The molecule has 5 heteroatoms. The van der Waals surface area contributed by atoms with Crippen LogP contribution in [0.4, 0.5) is 5.88 Å². The summed E-state index contributed by atoms with van der Waals surface area (Å²) in [5.41, 5.74) is 5.63. The zero-order valence-electron chi connectivity index (χ0n) is 8.14. The predicted molar refractivity (Wildman–Crippen MR) is 56.2 cm³/mol. The van der Waals surface area contributed by atoms with E-state index < -0.39 is 0 Å². The summed E-state index contributed by atoms with van der Waals surface area (Å²) in [7, 11) is 0. The summed E-state index contributed by atoms with van der Waals surface area (Å²) < 4.78 is 5.03. The number of hydrogen-bond donors (Lipinski definition) is 1. The first kappa shape index (κ1) is 11.1. The highest BCUT2D eigenvalue weighted by Crippen LogP contribution is 2.17. The van der Waals surface area contributed by atoms with E-state index in [0.29, 0.717) is 5.76 Å². The van der Waals surface area contributed by atoms with Gasteiger partial charge in [0, 0.05) is 6.07 Å². The van der Waals surface area contributed by atoms with Crippen molar-refractivity contribution in [2.45, 2.75) is 0 Å². The van der Waals surface area contributed by atoms with E-state index in [1.165, 1.54) is 24.3 Å². The van der Waals surface area contributed by atoms with Crippen LogP contribution in [0.3, 0.4) is 0 Å². The zero-order chi connectivity index (χ0) is 12.0. The third-order valence-electron chi connectivity index (χ3n) is 1.66. The SMILES string of the molecule is N#CC(C#N)=C/C=C/c1cc(C#N)c(N)o1. The van der Waals surface area contributed by atoms with Crippen molar-refractivity contribution in [2.75, 3.05) is 5.73 Å². The molecule has 2 N–H and O–H groups in total. The smallest absolute Gasteiger partial charge is 0.208 e. The maximum absolute atomic E-state index is 8.61. The number of nitrogens with zero attached hydrogens (tertiary/aromatic N) is 3. The number of hydrogen-bond acceptors (Lipinski definition) is 5. The van der Waals surface area contributed by atoms with Crippen LogP contribution in [0.15, 0.2) is 28.2 Å². The Morgan fingerprint density at radius 2 is 2.00 bits per heavy atom. The summed E-state index contributed by atoms with van der Waals surface area (Å²) in [6.07, 6.45) is 4.32. The molecule has 0 aromatic carbocycles. The van der Waals surface area contributed by atoms with Crippen molar-refractivity contribution in [3.05, 3.63) is 35.1 Å². The summed E-state index contributed by atoms with van der Waals surface area (Å²) in [6.45, 7) is 0. The fraction of sp³-hybridized carbons (Fsp3) is 0. The van der Waals surface area contributed by atoms with Gasteiger partial charge in [0.25, 0.3) is 0 Å². The van der Waals surface area contributed by atoms with E-state index in [1.807, 2.05) is 6.07 Å². The molecule has 0 radical (unpaired) electrons. The highest BCUT2D eigenvalue weighted by atomic mass is 16.3. The van der Waals surface area contributed by atoms with Gasteiger partial charge in [-0.2, -0.15) is 15.8 Å². The van der Waals surface area contributed by atoms with Crippen LogP contribution in [-0.4, -0.2) is 0 Å². The predicted octanol–water partition coefficient (Wildman–Crippen LogP) is 1.72. The molecule has 1 rings (SSSR count). The van der Waals surface area contributed by atoms with Gasteiger partial charge in [-0.1, -0.05) is 6.08 Å². The number of nitrogen functional groups attached to an aromatic ring is 1. The molecule has 0 amide bonds. The lowest BCUT2D eigenvalue weighted by Gasteiger charge is -1.82. The first-order chi connectivity index (χ1) is 7.71. The average molecular weight is 210 g/mol. The summed E-state index contributed by atoms with van der Waals surface area (Å²) in [6, 6.07) is 6.75. The quantitative estimate of drug-likeness (QED) is 0.590. The number of anilines is 1. The molecule has 1 aromatic rings. The molecule has 0 aliphatic carbocycles. The maximum Gasteiger partial charge on any atom is 0.208 e. The van der Waals surface area contributed by atoms with Gasteiger partial charge in [0.05, 0.1) is 0 Å². The molecule has 76 valence electrons. The highest BCUT2D eigenvalue weighted by Gasteiger charge is 2.03. The van der Waals surface area contributed by atoms with E-state index in [1.54, 1.807) is 12.1 Å². The van der Waals surface area contributed by atoms with Gasteiger partial charge >= 0.3 is 0 Å². The fourth-order valence-corrected chi connectivity index (χ4v) is 0.933. The van der Waals surface area contributed by atoms with Gasteiger partial charge < -0.3 is 10.2 Å². The van der Waals surface area contributed by atoms with E-state index in [4.69, 9.17) is 25.9 Å². The number of nitriles is 3. The summed E-state index contributed by atoms with van der Waals surface area (Å²) >= 11 is 0. The normalized spacial score (nSPS) is 9.06. The van der Waals surface area contributed by atoms with E-state index >= 15 is 0 Å². The third kappa shape index (κ3) is 2.51. The molecule has 0 fully saturated rings. The van der Waals surface area contributed by atoms with Crippen LogP contribution in [0.1, 0.15) is 11.3 Å². The molecule has 0 aliphatic rings. The number of nitrogens with two attached hydrogens (primary N) is 1. The molecule has 0 saturated carbocycles. The Hall–Kier alpha value is -2.97. The van der Waals surface area contributed by atoms with Gasteiger partial charge in [-0.05, 0) is 12.2 Å². The molecule has 0 spiro atoms. The van der Waals surface area contributed by atoms with Crippen LogP contribution in [0.2, 0.25) is 0 Å². The van der Waals surface area contributed by atoms with Crippen molar-refractivity contribution in [3.63, 3.8) is 0 Å². The van der Waals surface area contributed by atoms with Crippen LogP contribution >= 0.6 is 0 Å². The molecule has 1 aromatic heterocycles. The van der Waals surface area contributed by atoms with Crippen molar-refractivity contribution < 1.29 is 4.42 Å². The minimum absolute atomic E-state index is 0.0173. The zero-order valence-corrected chi connectivity index (χ0v) is 8.14. The van der Waals surface area contributed by atoms with Crippen molar-refractivity contribution in [1.82, 2.24) is 0 Å². The Balaban J connectivity index is 2.88. The Labute approximate surface area is 91.9 Å². The lowest BCUT2D eigenvalue weighted by atomic mass is 10.2. The Bertz CT molecular complexity index is 557. The first-order valence-electron chi connectivity index (χ1n) is 4.19. The molecule has 5 nitrogen and oxygen atoms in total. The second-order valence-corrected chi connectivity index (χ2v) is 2.70. The molecular weight excluding hydrogens is 204 g/mol. The van der Waals surface area contributed by atoms with E-state index in [2.05, 4.69) is 0 Å². The van der Waals surface area contributed by atoms with Gasteiger partial charge in [-0.25, -0.2) is 0 Å². The molecule has 0 aliphatic heterocycles. The van der Waals surface area contributed by atoms with Gasteiger partial charge in [0.15, 0.2) is 0 Å². The van der Waals surface area contributed by atoms with Gasteiger partial charge in [0.2, 0.25) is 5.88 Å². The van der Waals surface area contributed by atoms with Crippen LogP contribution < -0.4 is 5.73 Å². The number of allylic oxidation sites excluding steroid dienone is 3. The first-order valence-corrected chi connectivity index (χ1v) is 4.19. The van der Waals surface area contributed by atoms with E-state index in [-0.39, 0.29) is 17.0 Å². The molecule has 16 heavy (non-hydrogen) atoms. The van der Waals surface area contributed by atoms with E-state index in [0.717, 1.165) is 0 Å². The molecule has 0 unspecified atom stereocenters. The molecule has 0 atom stereocenters. The highest BCUT2D eigenvalue weighted by molar-refractivity contribution is 5.56. The van der Waals surface area contributed by atoms with Crippen LogP contribution in [0.25, 0.3) is 6.08 Å². The van der Waals surface area contributed by atoms with Gasteiger partial charge in [0.1, 0.15) is 35.1 Å². The summed E-state index contributed by atoms with van der Waals surface area (Å²) in [5, 5.41) is 25.5. The van der Waals surface area contributed by atoms with Crippen molar-refractivity contribution in [3.8, 4) is 18.2 Å². The van der Waals surface area contributed by atoms with E-state index in [9.17, 15) is 0 Å². The standard InChI is InChI=1S/C11H6N4O/c12-5-8(6-13)2-1-3-10-4-9(7-14)11(15)16-10/h1-4H,15H2/b3-1+. The van der Waals surface area contributed by atoms with Crippen molar-refractivity contribution >= 4 is 12.0 Å². The second kappa shape index (κ2) is 5.05. The maximum atomic E-state index is 8.61. The van der Waals surface area contributed by atoms with Crippen molar-refractivity contribution in [2.24, 2.45) is 0 Å². The van der Waals surface area contributed by atoms with Crippen LogP contribution in [0, 0.1) is 34.0 Å². The lowest BCUT2D eigenvalue weighted by Crippen LogP contribution is -1.82. The average Bonchev–Trinajstić information content (AvgIpc) is 2.65. The Morgan fingerprint density at radius 1 is 1.31 bits per heavy atom. The Morgan fingerprint density at radius 3 is 2.50 bits per heavy atom. The minimum Gasteiger partial charge on any atom is -0.440 e. The van der Waals surface area contributed by atoms with Crippen molar-refractivity contribution in [1.29, 1.82) is 15.8 Å². The minimum atomic E-state index is -0.0173. The van der Waals surface area contributed by atoms with Crippen LogP contribution in [-0.2, 0) is 0 Å². The lowest BCUT2D eigenvalue weighted by molar-refractivity contribution is 0.576. The fourth-order valence-electron chi connectivity index (χ4n) is 0.933.